The van der Waals surface area contributed by atoms with Crippen molar-refractivity contribution in [1.29, 1.82) is 0 Å². The molecule has 2 heterocycles. The van der Waals surface area contributed by atoms with Crippen LogP contribution in [-0.4, -0.2) is 24.1 Å². The molecular weight excluding hydrogens is 164 g/mol. The maximum Gasteiger partial charge on any atom is 0.123 e. The van der Waals surface area contributed by atoms with Gasteiger partial charge >= 0.3 is 0 Å². The Hall–Kier alpha value is -1.29. The average Bonchev–Trinajstić information content (AvgIpc) is 2.53. The molecule has 1 atom stereocenters. The largest absolute Gasteiger partial charge is 0.384 e. The van der Waals surface area contributed by atoms with Crippen LogP contribution in [0.25, 0.3) is 0 Å². The molecule has 13 heavy (non-hydrogen) atoms. The summed E-state index contributed by atoms with van der Waals surface area (Å²) in [5.74, 6) is 0.562. The lowest BCUT2D eigenvalue weighted by Gasteiger charge is -2.17. The molecule has 4 N–H and O–H groups in total. The molecule has 0 aliphatic carbocycles. The molecule has 1 unspecified atom stereocenters. The SMILES string of the molecule is Nc1ccc(N2CCC(N)C2)cn1. The normalized spacial score (nSPS) is 22.2. The van der Waals surface area contributed by atoms with E-state index in [-0.39, 0.29) is 0 Å². The van der Waals surface area contributed by atoms with Crippen LogP contribution in [0.4, 0.5) is 11.5 Å². The Morgan fingerprint density at radius 2 is 2.31 bits per heavy atom. The number of nitrogens with two attached hydrogens (primary N) is 2. The number of hydrogen-bond donors (Lipinski definition) is 2. The second kappa shape index (κ2) is 3.22. The van der Waals surface area contributed by atoms with Crippen LogP contribution < -0.4 is 16.4 Å². The highest BCUT2D eigenvalue weighted by Gasteiger charge is 2.18. The predicted octanol–water partition coefficient (Wildman–Crippen LogP) is 0.201. The van der Waals surface area contributed by atoms with E-state index in [0.717, 1.165) is 25.2 Å². The van der Waals surface area contributed by atoms with Crippen molar-refractivity contribution in [2.75, 3.05) is 23.7 Å². The molecule has 1 aromatic rings. The van der Waals surface area contributed by atoms with E-state index in [9.17, 15) is 0 Å². The zero-order chi connectivity index (χ0) is 9.26. The Bertz CT molecular complexity index is 282. The van der Waals surface area contributed by atoms with E-state index < -0.39 is 0 Å². The highest BCUT2D eigenvalue weighted by atomic mass is 15.2. The minimum atomic E-state index is 0.303. The average molecular weight is 178 g/mol. The fraction of sp³-hybridized carbons (Fsp3) is 0.444. The van der Waals surface area contributed by atoms with Gasteiger partial charge in [-0.3, -0.25) is 0 Å². The molecule has 0 bridgehead atoms. The van der Waals surface area contributed by atoms with Gasteiger partial charge in [0.15, 0.2) is 0 Å². The first-order valence-electron chi connectivity index (χ1n) is 4.48. The number of pyridine rings is 1. The maximum atomic E-state index is 5.81. The number of nitrogens with zero attached hydrogens (tertiary/aromatic N) is 2. The quantitative estimate of drug-likeness (QED) is 0.644. The summed E-state index contributed by atoms with van der Waals surface area (Å²) in [6.45, 7) is 1.94. The van der Waals surface area contributed by atoms with Crippen LogP contribution in [-0.2, 0) is 0 Å². The number of hydrogen-bond acceptors (Lipinski definition) is 4. The lowest BCUT2D eigenvalue weighted by atomic mass is 10.3. The van der Waals surface area contributed by atoms with Crippen LogP contribution in [0.3, 0.4) is 0 Å². The van der Waals surface area contributed by atoms with E-state index in [4.69, 9.17) is 11.5 Å². The monoisotopic (exact) mass is 178 g/mol. The zero-order valence-corrected chi connectivity index (χ0v) is 7.48. The highest BCUT2D eigenvalue weighted by molar-refractivity contribution is 5.48. The Morgan fingerprint density at radius 1 is 1.46 bits per heavy atom. The molecule has 2 rings (SSSR count). The summed E-state index contributed by atoms with van der Waals surface area (Å²) < 4.78 is 0. The standard InChI is InChI=1S/C9H14N4/c10-7-3-4-13(6-7)8-1-2-9(11)12-5-8/h1-2,5,7H,3-4,6,10H2,(H2,11,12). The summed E-state index contributed by atoms with van der Waals surface area (Å²) in [6, 6.07) is 4.11. The molecule has 0 spiro atoms. The lowest BCUT2D eigenvalue weighted by molar-refractivity contribution is 0.752. The fourth-order valence-electron chi connectivity index (χ4n) is 1.61. The van der Waals surface area contributed by atoms with Crippen molar-refractivity contribution in [3.05, 3.63) is 18.3 Å². The first kappa shape index (κ1) is 8.31. The molecule has 1 fully saturated rings. The third kappa shape index (κ3) is 1.72. The summed E-state index contributed by atoms with van der Waals surface area (Å²) in [5.41, 5.74) is 12.4. The van der Waals surface area contributed by atoms with Crippen LogP contribution >= 0.6 is 0 Å². The molecule has 1 saturated heterocycles. The molecule has 0 amide bonds. The summed E-state index contributed by atoms with van der Waals surface area (Å²) >= 11 is 0. The number of nitrogen functional groups attached to an aromatic ring is 1. The number of aromatic nitrogens is 1. The summed E-state index contributed by atoms with van der Waals surface area (Å²) in [6.07, 6.45) is 2.86. The van der Waals surface area contributed by atoms with Crippen molar-refractivity contribution in [3.8, 4) is 0 Å². The molecule has 1 aliphatic heterocycles. The molecule has 1 aliphatic rings. The van der Waals surface area contributed by atoms with Crippen molar-refractivity contribution in [3.63, 3.8) is 0 Å². The Balaban J connectivity index is 2.13. The molecule has 0 radical (unpaired) electrons. The second-order valence-electron chi connectivity index (χ2n) is 3.44. The van der Waals surface area contributed by atoms with E-state index in [0.29, 0.717) is 11.9 Å². The zero-order valence-electron chi connectivity index (χ0n) is 7.48. The van der Waals surface area contributed by atoms with Gasteiger partial charge in [-0.05, 0) is 18.6 Å². The Kier molecular flexibility index (Phi) is 2.06. The molecular formula is C9H14N4. The van der Waals surface area contributed by atoms with Crippen molar-refractivity contribution >= 4 is 11.5 Å². The highest BCUT2D eigenvalue weighted by Crippen LogP contribution is 2.18. The number of anilines is 2. The van der Waals surface area contributed by atoms with Gasteiger partial charge in [0.25, 0.3) is 0 Å². The van der Waals surface area contributed by atoms with Gasteiger partial charge < -0.3 is 16.4 Å². The predicted molar refractivity (Wildman–Crippen MR) is 53.5 cm³/mol. The van der Waals surface area contributed by atoms with Gasteiger partial charge in [-0.25, -0.2) is 4.98 Å². The summed E-state index contributed by atoms with van der Waals surface area (Å²) in [4.78, 5) is 6.28. The molecule has 4 nitrogen and oxygen atoms in total. The fourth-order valence-corrected chi connectivity index (χ4v) is 1.61. The first-order chi connectivity index (χ1) is 6.25. The number of rotatable bonds is 1. The van der Waals surface area contributed by atoms with Crippen LogP contribution in [0.2, 0.25) is 0 Å². The van der Waals surface area contributed by atoms with E-state index in [1.165, 1.54) is 0 Å². The van der Waals surface area contributed by atoms with Gasteiger partial charge in [-0.1, -0.05) is 0 Å². The topological polar surface area (TPSA) is 68.2 Å². The third-order valence-electron chi connectivity index (χ3n) is 2.36. The smallest absolute Gasteiger partial charge is 0.123 e. The van der Waals surface area contributed by atoms with Gasteiger partial charge in [-0.15, -0.1) is 0 Å². The van der Waals surface area contributed by atoms with Crippen LogP contribution in [0.15, 0.2) is 18.3 Å². The third-order valence-corrected chi connectivity index (χ3v) is 2.36. The van der Waals surface area contributed by atoms with Gasteiger partial charge in [0, 0.05) is 19.1 Å². The van der Waals surface area contributed by atoms with Crippen LogP contribution in [0.5, 0.6) is 0 Å². The lowest BCUT2D eigenvalue weighted by Crippen LogP contribution is -2.26. The minimum Gasteiger partial charge on any atom is -0.384 e. The van der Waals surface area contributed by atoms with Crippen LogP contribution in [0, 0.1) is 0 Å². The summed E-state index contributed by atoms with van der Waals surface area (Å²) in [7, 11) is 0. The van der Waals surface area contributed by atoms with Crippen LogP contribution in [0.1, 0.15) is 6.42 Å². The molecule has 4 heteroatoms. The second-order valence-corrected chi connectivity index (χ2v) is 3.44. The Morgan fingerprint density at radius 3 is 2.85 bits per heavy atom. The van der Waals surface area contributed by atoms with Gasteiger partial charge in [-0.2, -0.15) is 0 Å². The minimum absolute atomic E-state index is 0.303. The van der Waals surface area contributed by atoms with E-state index in [1.54, 1.807) is 6.20 Å². The molecule has 0 saturated carbocycles. The van der Waals surface area contributed by atoms with Gasteiger partial charge in [0.05, 0.1) is 11.9 Å². The Labute approximate surface area is 77.5 Å². The van der Waals surface area contributed by atoms with Crippen molar-refractivity contribution in [2.45, 2.75) is 12.5 Å². The van der Waals surface area contributed by atoms with Gasteiger partial charge in [0.1, 0.15) is 5.82 Å². The summed E-state index contributed by atoms with van der Waals surface area (Å²) in [5, 5.41) is 0. The van der Waals surface area contributed by atoms with E-state index in [2.05, 4.69) is 9.88 Å². The van der Waals surface area contributed by atoms with Crippen molar-refractivity contribution in [1.82, 2.24) is 4.98 Å². The molecule has 0 aromatic carbocycles. The van der Waals surface area contributed by atoms with Gasteiger partial charge in [0.2, 0.25) is 0 Å². The van der Waals surface area contributed by atoms with Crippen molar-refractivity contribution in [2.24, 2.45) is 5.73 Å². The molecule has 70 valence electrons. The molecule has 1 aromatic heterocycles. The first-order valence-corrected chi connectivity index (χ1v) is 4.48. The van der Waals surface area contributed by atoms with E-state index >= 15 is 0 Å². The van der Waals surface area contributed by atoms with E-state index in [1.807, 2.05) is 12.1 Å². The van der Waals surface area contributed by atoms with Crippen molar-refractivity contribution < 1.29 is 0 Å². The maximum absolute atomic E-state index is 5.81.